The lowest BCUT2D eigenvalue weighted by Gasteiger charge is -2.03. The largest absolute Gasteiger partial charge is 0.481 e. The number of thioether (sulfide) groups is 1. The van der Waals surface area contributed by atoms with Gasteiger partial charge in [0.25, 0.3) is 0 Å². The summed E-state index contributed by atoms with van der Waals surface area (Å²) in [5.41, 5.74) is 5.94. The van der Waals surface area contributed by atoms with Gasteiger partial charge in [-0.25, -0.2) is 9.97 Å². The van der Waals surface area contributed by atoms with Crippen LogP contribution in [0.5, 0.6) is 0 Å². The van der Waals surface area contributed by atoms with Crippen molar-refractivity contribution >= 4 is 23.7 Å². The first kappa shape index (κ1) is 9.79. The minimum atomic E-state index is -0.899. The molecule has 6 heteroatoms. The number of nitrogens with zero attached hydrogens (tertiary/aromatic N) is 2. The van der Waals surface area contributed by atoms with E-state index in [-0.39, 0.29) is 12.4 Å². The Balaban J connectivity index is 2.99. The van der Waals surface area contributed by atoms with Crippen molar-refractivity contribution in [3.63, 3.8) is 0 Å². The fourth-order valence-electron chi connectivity index (χ4n) is 0.865. The van der Waals surface area contributed by atoms with Crippen LogP contribution in [0.1, 0.15) is 5.56 Å². The van der Waals surface area contributed by atoms with E-state index < -0.39 is 5.97 Å². The van der Waals surface area contributed by atoms with Crippen molar-refractivity contribution in [3.05, 3.63) is 11.8 Å². The molecule has 1 aromatic rings. The highest BCUT2D eigenvalue weighted by atomic mass is 32.2. The summed E-state index contributed by atoms with van der Waals surface area (Å²) in [7, 11) is 0. The van der Waals surface area contributed by atoms with Crippen molar-refractivity contribution in [3.8, 4) is 0 Å². The first-order valence-corrected chi connectivity index (χ1v) is 4.73. The Morgan fingerprint density at radius 2 is 2.46 bits per heavy atom. The molecule has 1 heterocycles. The number of aromatic nitrogens is 2. The molecule has 0 aliphatic carbocycles. The third-order valence-corrected chi connectivity index (χ3v) is 2.12. The maximum absolute atomic E-state index is 10.4. The molecule has 0 fully saturated rings. The highest BCUT2D eigenvalue weighted by Gasteiger charge is 2.08. The Bertz CT molecular complexity index is 330. The van der Waals surface area contributed by atoms with E-state index in [1.807, 2.05) is 6.26 Å². The van der Waals surface area contributed by atoms with Gasteiger partial charge in [0, 0.05) is 11.8 Å². The second-order valence-electron chi connectivity index (χ2n) is 2.33. The number of rotatable bonds is 3. The molecule has 70 valence electrons. The molecule has 1 rings (SSSR count). The molecule has 1 aromatic heterocycles. The Morgan fingerprint density at radius 3 is 3.00 bits per heavy atom. The average Bonchev–Trinajstić information content (AvgIpc) is 2.07. The maximum Gasteiger partial charge on any atom is 0.307 e. The van der Waals surface area contributed by atoms with E-state index in [4.69, 9.17) is 10.8 Å². The minimum absolute atomic E-state index is 0.0730. The molecule has 0 unspecified atom stereocenters. The summed E-state index contributed by atoms with van der Waals surface area (Å²) in [6, 6.07) is 0. The number of hydrogen-bond acceptors (Lipinski definition) is 5. The molecule has 3 N–H and O–H groups in total. The van der Waals surface area contributed by atoms with Gasteiger partial charge in [0.2, 0.25) is 5.95 Å². The Labute approximate surface area is 79.4 Å². The number of carboxylic acid groups (broad SMARTS) is 1. The van der Waals surface area contributed by atoms with E-state index in [1.54, 1.807) is 0 Å². The number of hydrogen-bond donors (Lipinski definition) is 2. The summed E-state index contributed by atoms with van der Waals surface area (Å²) in [6.45, 7) is 0. The summed E-state index contributed by atoms with van der Waals surface area (Å²) in [5.74, 6) is -0.734. The van der Waals surface area contributed by atoms with Gasteiger partial charge in [-0.2, -0.15) is 0 Å². The van der Waals surface area contributed by atoms with Crippen LogP contribution < -0.4 is 5.73 Å². The van der Waals surface area contributed by atoms with Crippen LogP contribution in [0.15, 0.2) is 11.2 Å². The normalized spacial score (nSPS) is 9.92. The summed E-state index contributed by atoms with van der Waals surface area (Å²) < 4.78 is 0. The predicted octanol–water partition coefficient (Wildman–Crippen LogP) is 0.408. The third kappa shape index (κ3) is 2.59. The van der Waals surface area contributed by atoms with Crippen molar-refractivity contribution in [2.24, 2.45) is 0 Å². The third-order valence-electron chi connectivity index (χ3n) is 1.38. The van der Waals surface area contributed by atoms with Gasteiger partial charge in [-0.15, -0.1) is 11.8 Å². The lowest BCUT2D eigenvalue weighted by molar-refractivity contribution is -0.136. The number of anilines is 1. The van der Waals surface area contributed by atoms with Crippen LogP contribution in [-0.4, -0.2) is 27.3 Å². The van der Waals surface area contributed by atoms with Gasteiger partial charge in [0.15, 0.2) is 0 Å². The van der Waals surface area contributed by atoms with Crippen molar-refractivity contribution in [1.29, 1.82) is 0 Å². The summed E-state index contributed by atoms with van der Waals surface area (Å²) in [6.07, 6.45) is 3.19. The van der Waals surface area contributed by atoms with Crippen LogP contribution in [0.4, 0.5) is 5.95 Å². The van der Waals surface area contributed by atoms with Gasteiger partial charge in [0.05, 0.1) is 6.42 Å². The molecule has 0 saturated heterocycles. The van der Waals surface area contributed by atoms with Gasteiger partial charge in [-0.05, 0) is 6.26 Å². The second-order valence-corrected chi connectivity index (χ2v) is 3.13. The van der Waals surface area contributed by atoms with Gasteiger partial charge >= 0.3 is 5.97 Å². The zero-order chi connectivity index (χ0) is 9.84. The monoisotopic (exact) mass is 199 g/mol. The van der Waals surface area contributed by atoms with Gasteiger partial charge in [0.1, 0.15) is 5.03 Å². The fourth-order valence-corrected chi connectivity index (χ4v) is 1.44. The molecule has 0 aliphatic heterocycles. The van der Waals surface area contributed by atoms with Crippen LogP contribution >= 0.6 is 11.8 Å². The molecule has 0 atom stereocenters. The standard InChI is InChI=1S/C7H9N3O2S/c1-13-6-4(2-5(11)12)3-9-7(8)10-6/h3H,2H2,1H3,(H,11,12)(H2,8,9,10). The molecule has 0 saturated carbocycles. The molecular weight excluding hydrogens is 190 g/mol. The topological polar surface area (TPSA) is 89.1 Å². The minimum Gasteiger partial charge on any atom is -0.481 e. The quantitative estimate of drug-likeness (QED) is 0.541. The van der Waals surface area contributed by atoms with E-state index in [0.717, 1.165) is 0 Å². The molecule has 5 nitrogen and oxygen atoms in total. The molecular formula is C7H9N3O2S. The van der Waals surface area contributed by atoms with Crippen LogP contribution in [0.2, 0.25) is 0 Å². The van der Waals surface area contributed by atoms with Crippen molar-refractivity contribution < 1.29 is 9.90 Å². The average molecular weight is 199 g/mol. The Morgan fingerprint density at radius 1 is 1.77 bits per heavy atom. The summed E-state index contributed by atoms with van der Waals surface area (Å²) >= 11 is 1.36. The maximum atomic E-state index is 10.4. The van der Waals surface area contributed by atoms with Gasteiger partial charge < -0.3 is 10.8 Å². The highest BCUT2D eigenvalue weighted by Crippen LogP contribution is 2.17. The number of carbonyl (C=O) groups is 1. The molecule has 0 amide bonds. The fraction of sp³-hybridized carbons (Fsp3) is 0.286. The zero-order valence-corrected chi connectivity index (χ0v) is 7.84. The molecule has 0 spiro atoms. The number of nitrogens with two attached hydrogens (primary N) is 1. The van der Waals surface area contributed by atoms with E-state index in [9.17, 15) is 4.79 Å². The number of aliphatic carboxylic acids is 1. The second kappa shape index (κ2) is 4.08. The van der Waals surface area contributed by atoms with Crippen LogP contribution in [0, 0.1) is 0 Å². The first-order valence-electron chi connectivity index (χ1n) is 3.50. The van der Waals surface area contributed by atoms with Crippen LogP contribution in [-0.2, 0) is 11.2 Å². The highest BCUT2D eigenvalue weighted by molar-refractivity contribution is 7.98. The van der Waals surface area contributed by atoms with Gasteiger partial charge in [-0.1, -0.05) is 0 Å². The molecule has 13 heavy (non-hydrogen) atoms. The van der Waals surface area contributed by atoms with Gasteiger partial charge in [-0.3, -0.25) is 4.79 Å². The number of carboxylic acids is 1. The SMILES string of the molecule is CSc1nc(N)ncc1CC(=O)O. The summed E-state index contributed by atoms with van der Waals surface area (Å²) in [5, 5.41) is 9.18. The van der Waals surface area contributed by atoms with E-state index in [2.05, 4.69) is 9.97 Å². The van der Waals surface area contributed by atoms with E-state index in [1.165, 1.54) is 18.0 Å². The number of nitrogen functional groups attached to an aromatic ring is 1. The lowest BCUT2D eigenvalue weighted by atomic mass is 10.2. The Hall–Kier alpha value is -1.30. The summed E-state index contributed by atoms with van der Waals surface area (Å²) in [4.78, 5) is 18.1. The van der Waals surface area contributed by atoms with Crippen molar-refractivity contribution in [2.45, 2.75) is 11.4 Å². The van der Waals surface area contributed by atoms with Crippen LogP contribution in [0.3, 0.4) is 0 Å². The first-order chi connectivity index (χ1) is 6.13. The van der Waals surface area contributed by atoms with Crippen LogP contribution in [0.25, 0.3) is 0 Å². The molecule has 0 aromatic carbocycles. The smallest absolute Gasteiger partial charge is 0.307 e. The van der Waals surface area contributed by atoms with Crippen molar-refractivity contribution in [2.75, 3.05) is 12.0 Å². The van der Waals surface area contributed by atoms with E-state index in [0.29, 0.717) is 10.6 Å². The molecule has 0 bridgehead atoms. The molecule has 0 radical (unpaired) electrons. The predicted molar refractivity (Wildman–Crippen MR) is 49.6 cm³/mol. The lowest BCUT2D eigenvalue weighted by Crippen LogP contribution is -2.05. The molecule has 0 aliphatic rings. The van der Waals surface area contributed by atoms with Crippen molar-refractivity contribution in [1.82, 2.24) is 9.97 Å². The zero-order valence-electron chi connectivity index (χ0n) is 7.02. The van der Waals surface area contributed by atoms with E-state index >= 15 is 0 Å². The Kier molecular flexibility index (Phi) is 3.07.